The van der Waals surface area contributed by atoms with Gasteiger partial charge in [-0.1, -0.05) is 0 Å². The number of halogens is 1. The molecule has 1 N–H and O–H groups in total. The van der Waals surface area contributed by atoms with Crippen molar-refractivity contribution in [2.45, 2.75) is 0 Å². The van der Waals surface area contributed by atoms with Crippen molar-refractivity contribution in [2.24, 2.45) is 0 Å². The first-order chi connectivity index (χ1) is 9.52. The van der Waals surface area contributed by atoms with E-state index in [0.717, 1.165) is 18.2 Å². The molecule has 0 bridgehead atoms. The SMILES string of the molecule is CN(C(=O)c1cc(F)ccc1O)c1ccc(C#N)cc1. The van der Waals surface area contributed by atoms with Gasteiger partial charge in [0.05, 0.1) is 17.2 Å². The summed E-state index contributed by atoms with van der Waals surface area (Å²) in [5.41, 5.74) is 0.901. The Morgan fingerprint density at radius 2 is 1.90 bits per heavy atom. The fourth-order valence-corrected chi connectivity index (χ4v) is 1.74. The maximum Gasteiger partial charge on any atom is 0.261 e. The molecular formula is C15H11FN2O2. The zero-order valence-corrected chi connectivity index (χ0v) is 10.7. The lowest BCUT2D eigenvalue weighted by Crippen LogP contribution is -2.26. The Labute approximate surface area is 115 Å². The summed E-state index contributed by atoms with van der Waals surface area (Å²) in [5.74, 6) is -1.41. The second kappa shape index (κ2) is 5.41. The van der Waals surface area contributed by atoms with Gasteiger partial charge >= 0.3 is 0 Å². The summed E-state index contributed by atoms with van der Waals surface area (Å²) >= 11 is 0. The summed E-state index contributed by atoms with van der Waals surface area (Å²) in [6, 6.07) is 11.5. The van der Waals surface area contributed by atoms with E-state index in [1.165, 1.54) is 11.9 Å². The molecule has 0 aliphatic carbocycles. The number of anilines is 1. The number of amides is 1. The standard InChI is InChI=1S/C15H11FN2O2/c1-18(12-5-2-10(9-17)3-6-12)15(20)13-8-11(16)4-7-14(13)19/h2-8,19H,1H3. The van der Waals surface area contributed by atoms with Crippen molar-refractivity contribution in [1.82, 2.24) is 0 Å². The molecule has 0 aliphatic rings. The molecule has 0 radical (unpaired) electrons. The van der Waals surface area contributed by atoms with E-state index in [4.69, 9.17) is 5.26 Å². The van der Waals surface area contributed by atoms with Gasteiger partial charge in [-0.15, -0.1) is 0 Å². The third-order valence-electron chi connectivity index (χ3n) is 2.88. The molecule has 0 heterocycles. The maximum absolute atomic E-state index is 13.2. The molecular weight excluding hydrogens is 259 g/mol. The van der Waals surface area contributed by atoms with E-state index >= 15 is 0 Å². The summed E-state index contributed by atoms with van der Waals surface area (Å²) in [4.78, 5) is 13.5. The molecule has 0 saturated heterocycles. The molecule has 20 heavy (non-hydrogen) atoms. The zero-order chi connectivity index (χ0) is 14.7. The molecule has 0 fully saturated rings. The second-order valence-corrected chi connectivity index (χ2v) is 4.18. The van der Waals surface area contributed by atoms with Crippen LogP contribution < -0.4 is 4.90 Å². The quantitative estimate of drug-likeness (QED) is 0.912. The summed E-state index contributed by atoms with van der Waals surface area (Å²) < 4.78 is 13.2. The minimum atomic E-state index is -0.598. The molecule has 100 valence electrons. The van der Waals surface area contributed by atoms with Crippen molar-refractivity contribution in [3.05, 3.63) is 59.4 Å². The van der Waals surface area contributed by atoms with E-state index in [9.17, 15) is 14.3 Å². The van der Waals surface area contributed by atoms with Gasteiger partial charge < -0.3 is 10.0 Å². The largest absolute Gasteiger partial charge is 0.507 e. The molecule has 0 atom stereocenters. The lowest BCUT2D eigenvalue weighted by Gasteiger charge is -2.18. The number of nitrogens with zero attached hydrogens (tertiary/aromatic N) is 2. The summed E-state index contributed by atoms with van der Waals surface area (Å²) in [7, 11) is 1.51. The number of phenolic OH excluding ortho intramolecular Hbond substituents is 1. The first-order valence-electron chi connectivity index (χ1n) is 5.79. The number of hydrogen-bond acceptors (Lipinski definition) is 3. The van der Waals surface area contributed by atoms with Crippen LogP contribution in [-0.4, -0.2) is 18.1 Å². The Morgan fingerprint density at radius 1 is 1.25 bits per heavy atom. The summed E-state index contributed by atoms with van der Waals surface area (Å²) in [6.07, 6.45) is 0. The van der Waals surface area contributed by atoms with Crippen LogP contribution in [0, 0.1) is 17.1 Å². The van der Waals surface area contributed by atoms with Crippen LogP contribution in [0.1, 0.15) is 15.9 Å². The number of carbonyl (C=O) groups excluding carboxylic acids is 1. The van der Waals surface area contributed by atoms with Crippen LogP contribution >= 0.6 is 0 Å². The van der Waals surface area contributed by atoms with E-state index in [1.807, 2.05) is 6.07 Å². The Morgan fingerprint density at radius 3 is 2.50 bits per heavy atom. The van der Waals surface area contributed by atoms with Gasteiger partial charge in [-0.05, 0) is 42.5 Å². The molecule has 2 aromatic carbocycles. The maximum atomic E-state index is 13.2. The number of aromatic hydroxyl groups is 1. The topological polar surface area (TPSA) is 64.3 Å². The number of benzene rings is 2. The molecule has 0 aromatic heterocycles. The Kier molecular flexibility index (Phi) is 3.67. The fraction of sp³-hybridized carbons (Fsp3) is 0.0667. The number of hydrogen-bond donors (Lipinski definition) is 1. The summed E-state index contributed by atoms with van der Waals surface area (Å²) in [5, 5.41) is 18.3. The van der Waals surface area contributed by atoms with Crippen LogP contribution in [0.15, 0.2) is 42.5 Å². The number of rotatable bonds is 2. The Bertz CT molecular complexity index is 690. The summed E-state index contributed by atoms with van der Waals surface area (Å²) in [6.45, 7) is 0. The van der Waals surface area contributed by atoms with Gasteiger partial charge in [0, 0.05) is 12.7 Å². The molecule has 0 aliphatic heterocycles. The van der Waals surface area contributed by atoms with Crippen molar-refractivity contribution in [3.63, 3.8) is 0 Å². The van der Waals surface area contributed by atoms with Gasteiger partial charge in [-0.25, -0.2) is 4.39 Å². The van der Waals surface area contributed by atoms with Crippen molar-refractivity contribution in [3.8, 4) is 11.8 Å². The monoisotopic (exact) mass is 270 g/mol. The minimum Gasteiger partial charge on any atom is -0.507 e. The first kappa shape index (κ1) is 13.6. The van der Waals surface area contributed by atoms with Gasteiger partial charge in [-0.3, -0.25) is 4.79 Å². The van der Waals surface area contributed by atoms with Crippen LogP contribution in [0.2, 0.25) is 0 Å². The molecule has 5 heteroatoms. The van der Waals surface area contributed by atoms with Gasteiger partial charge in [0.15, 0.2) is 0 Å². The number of nitriles is 1. The highest BCUT2D eigenvalue weighted by atomic mass is 19.1. The first-order valence-corrected chi connectivity index (χ1v) is 5.79. The molecule has 1 amide bonds. The van der Waals surface area contributed by atoms with Crippen molar-refractivity contribution in [2.75, 3.05) is 11.9 Å². The minimum absolute atomic E-state index is 0.114. The van der Waals surface area contributed by atoms with Crippen LogP contribution in [0.5, 0.6) is 5.75 Å². The lowest BCUT2D eigenvalue weighted by molar-refractivity contribution is 0.0990. The predicted octanol–water partition coefficient (Wildman–Crippen LogP) is 2.68. The third kappa shape index (κ3) is 2.59. The van der Waals surface area contributed by atoms with Crippen LogP contribution in [0.25, 0.3) is 0 Å². The molecule has 2 aromatic rings. The van der Waals surface area contributed by atoms with Gasteiger partial charge in [-0.2, -0.15) is 5.26 Å². The lowest BCUT2D eigenvalue weighted by atomic mass is 10.1. The number of phenols is 1. The van der Waals surface area contributed by atoms with E-state index in [0.29, 0.717) is 11.3 Å². The normalized spacial score (nSPS) is 9.85. The van der Waals surface area contributed by atoms with Crippen molar-refractivity contribution < 1.29 is 14.3 Å². The third-order valence-corrected chi connectivity index (χ3v) is 2.88. The Hall–Kier alpha value is -2.87. The molecule has 0 saturated carbocycles. The molecule has 4 nitrogen and oxygen atoms in total. The van der Waals surface area contributed by atoms with Crippen LogP contribution in [-0.2, 0) is 0 Å². The molecule has 2 rings (SSSR count). The highest BCUT2D eigenvalue weighted by molar-refractivity contribution is 6.07. The van der Waals surface area contributed by atoms with Gasteiger partial charge in [0.2, 0.25) is 0 Å². The number of carbonyl (C=O) groups is 1. The van der Waals surface area contributed by atoms with E-state index in [2.05, 4.69) is 0 Å². The van der Waals surface area contributed by atoms with Gasteiger partial charge in [0.1, 0.15) is 11.6 Å². The zero-order valence-electron chi connectivity index (χ0n) is 10.7. The smallest absolute Gasteiger partial charge is 0.261 e. The van der Waals surface area contributed by atoms with Crippen LogP contribution in [0.4, 0.5) is 10.1 Å². The van der Waals surface area contributed by atoms with E-state index in [-0.39, 0.29) is 11.3 Å². The van der Waals surface area contributed by atoms with Crippen LogP contribution in [0.3, 0.4) is 0 Å². The van der Waals surface area contributed by atoms with Gasteiger partial charge in [0.25, 0.3) is 5.91 Å². The average molecular weight is 270 g/mol. The molecule has 0 spiro atoms. The second-order valence-electron chi connectivity index (χ2n) is 4.18. The average Bonchev–Trinajstić information content (AvgIpc) is 2.48. The highest BCUT2D eigenvalue weighted by Crippen LogP contribution is 2.22. The fourth-order valence-electron chi connectivity index (χ4n) is 1.74. The van der Waals surface area contributed by atoms with E-state index < -0.39 is 11.7 Å². The van der Waals surface area contributed by atoms with Crippen molar-refractivity contribution >= 4 is 11.6 Å². The predicted molar refractivity (Wildman–Crippen MR) is 72.0 cm³/mol. The van der Waals surface area contributed by atoms with E-state index in [1.54, 1.807) is 24.3 Å². The Balaban J connectivity index is 2.32. The molecule has 0 unspecified atom stereocenters. The highest BCUT2D eigenvalue weighted by Gasteiger charge is 2.17. The van der Waals surface area contributed by atoms with Crippen molar-refractivity contribution in [1.29, 1.82) is 5.26 Å².